The van der Waals surface area contributed by atoms with Crippen LogP contribution in [0.25, 0.3) is 0 Å². The fourth-order valence-corrected chi connectivity index (χ4v) is 6.44. The van der Waals surface area contributed by atoms with Gasteiger partial charge < -0.3 is 9.05 Å². The Morgan fingerprint density at radius 1 is 0.667 bits per heavy atom. The quantitative estimate of drug-likeness (QED) is 0.260. The maximum absolute atomic E-state index is 14.4. The van der Waals surface area contributed by atoms with Crippen molar-refractivity contribution in [1.29, 1.82) is 0 Å². The summed E-state index contributed by atoms with van der Waals surface area (Å²) < 4.78 is 26.3. The molecule has 0 heterocycles. The van der Waals surface area contributed by atoms with Gasteiger partial charge in [0.15, 0.2) is 0 Å². The van der Waals surface area contributed by atoms with Crippen molar-refractivity contribution in [3.63, 3.8) is 0 Å². The predicted molar refractivity (Wildman–Crippen MR) is 136 cm³/mol. The van der Waals surface area contributed by atoms with Crippen molar-refractivity contribution in [2.24, 2.45) is 0 Å². The van der Waals surface area contributed by atoms with Gasteiger partial charge in [-0.2, -0.15) is 0 Å². The Morgan fingerprint density at radius 3 is 1.45 bits per heavy atom. The van der Waals surface area contributed by atoms with Crippen LogP contribution in [0.3, 0.4) is 0 Å². The summed E-state index contributed by atoms with van der Waals surface area (Å²) in [5, 5.41) is 2.87. The third kappa shape index (κ3) is 7.12. The molecular weight excluding hydrogens is 429 g/mol. The minimum absolute atomic E-state index is 0.336. The molecule has 0 bridgehead atoms. The van der Waals surface area contributed by atoms with Gasteiger partial charge in [0.25, 0.3) is 0 Å². The first-order chi connectivity index (χ1) is 16.1. The van der Waals surface area contributed by atoms with E-state index in [9.17, 15) is 4.57 Å². The van der Waals surface area contributed by atoms with E-state index in [-0.39, 0.29) is 0 Å². The molecule has 3 rings (SSSR count). The Hall–Kier alpha value is -2.23. The molecule has 0 aliphatic rings. The minimum atomic E-state index is -3.48. The van der Waals surface area contributed by atoms with Crippen molar-refractivity contribution >= 4 is 7.60 Å². The summed E-state index contributed by atoms with van der Waals surface area (Å²) in [4.78, 5) is 0. The van der Waals surface area contributed by atoms with Crippen LogP contribution in [0.1, 0.15) is 43.4 Å². The highest BCUT2D eigenvalue weighted by molar-refractivity contribution is 7.55. The van der Waals surface area contributed by atoms with Gasteiger partial charge in [0.1, 0.15) is 5.28 Å². The Morgan fingerprint density at radius 2 is 1.06 bits per heavy atom. The van der Waals surface area contributed by atoms with Crippen LogP contribution in [0, 0.1) is 0 Å². The lowest BCUT2D eigenvalue weighted by Gasteiger charge is -2.40. The van der Waals surface area contributed by atoms with Gasteiger partial charge in [0.2, 0.25) is 0 Å². The van der Waals surface area contributed by atoms with Crippen molar-refractivity contribution in [2.75, 3.05) is 13.2 Å². The lowest BCUT2D eigenvalue weighted by molar-refractivity contribution is 0.176. The second kappa shape index (κ2) is 12.9. The molecule has 176 valence electrons. The first kappa shape index (κ1) is 25.4. The van der Waals surface area contributed by atoms with E-state index >= 15 is 0 Å². The highest BCUT2D eigenvalue weighted by Crippen LogP contribution is 2.62. The summed E-state index contributed by atoms with van der Waals surface area (Å²) in [6.45, 7) is 5.02. The lowest BCUT2D eigenvalue weighted by atomic mass is 9.98. The molecule has 3 aromatic carbocycles. The number of benzene rings is 3. The van der Waals surface area contributed by atoms with Crippen molar-refractivity contribution in [2.45, 2.75) is 51.4 Å². The summed E-state index contributed by atoms with van der Waals surface area (Å²) in [5.41, 5.74) is 3.56. The molecule has 0 saturated heterocycles. The van der Waals surface area contributed by atoms with Crippen molar-refractivity contribution < 1.29 is 13.6 Å². The fourth-order valence-electron chi connectivity index (χ4n) is 4.15. The van der Waals surface area contributed by atoms with E-state index in [1.807, 2.05) is 68.4 Å². The van der Waals surface area contributed by atoms with Gasteiger partial charge in [-0.3, -0.25) is 9.88 Å². The van der Waals surface area contributed by atoms with Crippen molar-refractivity contribution in [3.8, 4) is 0 Å². The molecule has 0 aliphatic carbocycles. The highest BCUT2D eigenvalue weighted by Gasteiger charge is 2.49. The Balaban J connectivity index is 1.96. The number of nitrogens with one attached hydrogen (secondary N) is 1. The van der Waals surface area contributed by atoms with E-state index < -0.39 is 12.9 Å². The molecule has 1 N–H and O–H groups in total. The molecule has 4 nitrogen and oxygen atoms in total. The molecule has 5 heteroatoms. The van der Waals surface area contributed by atoms with Gasteiger partial charge in [-0.05, 0) is 56.2 Å². The fraction of sp³-hybridized carbons (Fsp3) is 0.357. The molecule has 0 saturated carbocycles. The normalized spacial score (nSPS) is 12.1. The van der Waals surface area contributed by atoms with Crippen LogP contribution in [-0.4, -0.2) is 18.5 Å². The van der Waals surface area contributed by atoms with E-state index in [4.69, 9.17) is 9.05 Å². The Labute approximate surface area is 198 Å². The second-order valence-corrected chi connectivity index (χ2v) is 10.5. The molecular formula is C28H36NO3P. The highest BCUT2D eigenvalue weighted by atomic mass is 31.2. The van der Waals surface area contributed by atoms with Gasteiger partial charge in [0, 0.05) is 6.54 Å². The zero-order chi connectivity index (χ0) is 23.4. The molecule has 0 amide bonds. The Kier molecular flexibility index (Phi) is 9.90. The summed E-state index contributed by atoms with van der Waals surface area (Å²) >= 11 is 0. The molecule has 33 heavy (non-hydrogen) atoms. The van der Waals surface area contributed by atoms with Crippen LogP contribution in [0.5, 0.6) is 0 Å². The van der Waals surface area contributed by atoms with Crippen LogP contribution in [-0.2, 0) is 33.0 Å². The van der Waals surface area contributed by atoms with Crippen molar-refractivity contribution in [1.82, 2.24) is 5.32 Å². The zero-order valence-electron chi connectivity index (χ0n) is 19.8. The second-order valence-electron chi connectivity index (χ2n) is 8.17. The van der Waals surface area contributed by atoms with E-state index in [1.54, 1.807) is 0 Å². The van der Waals surface area contributed by atoms with E-state index in [1.165, 1.54) is 11.1 Å². The van der Waals surface area contributed by atoms with Gasteiger partial charge in [-0.25, -0.2) is 0 Å². The molecule has 0 atom stereocenters. The Bertz CT molecular complexity index is 864. The average molecular weight is 466 g/mol. The van der Waals surface area contributed by atoms with E-state index in [0.717, 1.165) is 18.4 Å². The van der Waals surface area contributed by atoms with E-state index in [2.05, 4.69) is 41.7 Å². The molecule has 0 aromatic heterocycles. The average Bonchev–Trinajstić information content (AvgIpc) is 2.86. The summed E-state index contributed by atoms with van der Waals surface area (Å²) in [7, 11) is -3.48. The molecule has 0 aliphatic heterocycles. The summed E-state index contributed by atoms with van der Waals surface area (Å²) in [5.74, 6) is 0. The summed E-state index contributed by atoms with van der Waals surface area (Å²) in [6, 6.07) is 30.9. The third-order valence-electron chi connectivity index (χ3n) is 5.93. The molecule has 3 aromatic rings. The molecule has 0 spiro atoms. The lowest BCUT2D eigenvalue weighted by Crippen LogP contribution is -2.46. The maximum atomic E-state index is 14.4. The standard InChI is InChI=1S/C28H36NO3P/c1-3-31-33(30,32-4-2)28(22-20-25-14-8-5-9-15-25,23-21-26-16-10-6-11-17-26)29-24-27-18-12-7-13-19-27/h5-19,29H,3-4,20-24H2,1-2H3. The monoisotopic (exact) mass is 465 g/mol. The van der Waals surface area contributed by atoms with Gasteiger partial charge in [0.05, 0.1) is 13.2 Å². The number of rotatable bonds is 14. The molecule has 0 unspecified atom stereocenters. The SMILES string of the molecule is CCOP(=O)(OCC)C(CCc1ccccc1)(CCc1ccccc1)NCc1ccccc1. The smallest absolute Gasteiger partial charge is 0.308 e. The maximum Gasteiger partial charge on any atom is 0.350 e. The molecule has 0 fully saturated rings. The van der Waals surface area contributed by atoms with Crippen LogP contribution in [0.15, 0.2) is 91.0 Å². The number of aryl methyl sites for hydroxylation is 2. The first-order valence-corrected chi connectivity index (χ1v) is 13.4. The number of hydrogen-bond acceptors (Lipinski definition) is 4. The zero-order valence-corrected chi connectivity index (χ0v) is 20.7. The number of hydrogen-bond donors (Lipinski definition) is 1. The predicted octanol–water partition coefficient (Wildman–Crippen LogP) is 7.00. The largest absolute Gasteiger partial charge is 0.350 e. The third-order valence-corrected chi connectivity index (χ3v) is 8.78. The van der Waals surface area contributed by atoms with Crippen LogP contribution in [0.2, 0.25) is 0 Å². The summed E-state index contributed by atoms with van der Waals surface area (Å²) in [6.07, 6.45) is 2.85. The first-order valence-electron chi connectivity index (χ1n) is 11.9. The minimum Gasteiger partial charge on any atom is -0.308 e. The van der Waals surface area contributed by atoms with Crippen LogP contribution in [0.4, 0.5) is 0 Å². The van der Waals surface area contributed by atoms with Crippen molar-refractivity contribution in [3.05, 3.63) is 108 Å². The van der Waals surface area contributed by atoms with Gasteiger partial charge in [-0.1, -0.05) is 91.0 Å². The topological polar surface area (TPSA) is 47.6 Å². The van der Waals surface area contributed by atoms with Gasteiger partial charge in [-0.15, -0.1) is 0 Å². The van der Waals surface area contributed by atoms with Crippen LogP contribution < -0.4 is 5.32 Å². The van der Waals surface area contributed by atoms with Crippen LogP contribution >= 0.6 is 7.60 Å². The van der Waals surface area contributed by atoms with E-state index in [0.29, 0.717) is 32.6 Å². The van der Waals surface area contributed by atoms with Gasteiger partial charge >= 0.3 is 7.60 Å². The molecule has 0 radical (unpaired) electrons.